The van der Waals surface area contributed by atoms with Crippen molar-refractivity contribution in [1.82, 2.24) is 5.32 Å². The third-order valence-corrected chi connectivity index (χ3v) is 4.64. The van der Waals surface area contributed by atoms with Crippen molar-refractivity contribution in [3.8, 4) is 0 Å². The van der Waals surface area contributed by atoms with Crippen molar-refractivity contribution in [2.75, 3.05) is 19.8 Å². The molecule has 3 heteroatoms. The van der Waals surface area contributed by atoms with Crippen LogP contribution in [0.3, 0.4) is 0 Å². The van der Waals surface area contributed by atoms with Gasteiger partial charge in [0.15, 0.2) is 0 Å². The molecule has 0 bridgehead atoms. The van der Waals surface area contributed by atoms with Gasteiger partial charge in [0.05, 0.1) is 19.3 Å². The summed E-state index contributed by atoms with van der Waals surface area (Å²) in [5.41, 5.74) is 2.87. The zero-order valence-corrected chi connectivity index (χ0v) is 13.2. The van der Waals surface area contributed by atoms with Gasteiger partial charge in [-0.25, -0.2) is 0 Å². The van der Waals surface area contributed by atoms with Crippen molar-refractivity contribution >= 4 is 0 Å². The summed E-state index contributed by atoms with van der Waals surface area (Å²) in [4.78, 5) is 0. The van der Waals surface area contributed by atoms with Gasteiger partial charge < -0.3 is 14.8 Å². The van der Waals surface area contributed by atoms with Crippen LogP contribution in [0.1, 0.15) is 43.2 Å². The highest BCUT2D eigenvalue weighted by Crippen LogP contribution is 2.37. The van der Waals surface area contributed by atoms with E-state index in [0.29, 0.717) is 18.2 Å². The monoisotopic (exact) mass is 289 g/mol. The van der Waals surface area contributed by atoms with Gasteiger partial charge in [-0.1, -0.05) is 29.8 Å². The van der Waals surface area contributed by atoms with Crippen molar-refractivity contribution in [2.45, 2.75) is 57.2 Å². The number of ether oxygens (including phenoxy) is 2. The lowest BCUT2D eigenvalue weighted by Crippen LogP contribution is -2.46. The maximum absolute atomic E-state index is 5.87. The Morgan fingerprint density at radius 2 is 2.24 bits per heavy atom. The maximum atomic E-state index is 5.87. The molecule has 0 aromatic heterocycles. The highest BCUT2D eigenvalue weighted by molar-refractivity contribution is 5.27. The zero-order chi connectivity index (χ0) is 14.7. The van der Waals surface area contributed by atoms with Gasteiger partial charge >= 0.3 is 0 Å². The van der Waals surface area contributed by atoms with Crippen molar-refractivity contribution in [1.29, 1.82) is 0 Å². The molecule has 1 aromatic carbocycles. The average molecular weight is 289 g/mol. The Morgan fingerprint density at radius 3 is 2.95 bits per heavy atom. The molecule has 0 unspecified atom stereocenters. The first-order valence-corrected chi connectivity index (χ1v) is 8.22. The number of hydrogen-bond acceptors (Lipinski definition) is 3. The third kappa shape index (κ3) is 4.06. The van der Waals surface area contributed by atoms with Crippen molar-refractivity contribution < 1.29 is 9.47 Å². The van der Waals surface area contributed by atoms with Gasteiger partial charge in [-0.3, -0.25) is 0 Å². The Bertz CT molecular complexity index is 450. The molecule has 3 rings (SSSR count). The van der Waals surface area contributed by atoms with Gasteiger partial charge in [0.25, 0.3) is 0 Å². The van der Waals surface area contributed by atoms with E-state index in [0.717, 1.165) is 32.2 Å². The van der Waals surface area contributed by atoms with Crippen LogP contribution in [0, 0.1) is 6.92 Å². The molecule has 2 aliphatic rings. The first kappa shape index (κ1) is 15.0. The average Bonchev–Trinajstić information content (AvgIpc) is 2.93. The van der Waals surface area contributed by atoms with E-state index in [4.69, 9.17) is 9.47 Å². The Morgan fingerprint density at radius 1 is 1.38 bits per heavy atom. The topological polar surface area (TPSA) is 30.5 Å². The fraction of sp³-hybridized carbons (Fsp3) is 0.667. The minimum Gasteiger partial charge on any atom is -0.379 e. The van der Waals surface area contributed by atoms with Crippen molar-refractivity contribution in [3.05, 3.63) is 35.4 Å². The fourth-order valence-corrected chi connectivity index (χ4v) is 3.33. The molecule has 0 amide bonds. The summed E-state index contributed by atoms with van der Waals surface area (Å²) in [6, 6.07) is 10.0. The van der Waals surface area contributed by atoms with Crippen LogP contribution in [0.2, 0.25) is 0 Å². The van der Waals surface area contributed by atoms with Gasteiger partial charge in [-0.05, 0) is 44.6 Å². The summed E-state index contributed by atoms with van der Waals surface area (Å²) in [5.74, 6) is 0.735. The van der Waals surface area contributed by atoms with Crippen LogP contribution in [0.25, 0.3) is 0 Å². The van der Waals surface area contributed by atoms with E-state index in [1.54, 1.807) is 0 Å². The molecule has 1 heterocycles. The summed E-state index contributed by atoms with van der Waals surface area (Å²) >= 11 is 0. The molecule has 2 fully saturated rings. The van der Waals surface area contributed by atoms with Gasteiger partial charge in [-0.2, -0.15) is 0 Å². The minimum atomic E-state index is 0.315. The van der Waals surface area contributed by atoms with Gasteiger partial charge in [0.1, 0.15) is 0 Å². The van der Waals surface area contributed by atoms with Gasteiger partial charge in [0.2, 0.25) is 0 Å². The lowest BCUT2D eigenvalue weighted by atomic mass is 9.75. The number of nitrogens with one attached hydrogen (secondary N) is 1. The molecular weight excluding hydrogens is 262 g/mol. The molecule has 2 atom stereocenters. The predicted octanol–water partition coefficient (Wildman–Crippen LogP) is 3.02. The molecule has 0 radical (unpaired) electrons. The van der Waals surface area contributed by atoms with E-state index in [9.17, 15) is 0 Å². The zero-order valence-electron chi connectivity index (χ0n) is 13.2. The second kappa shape index (κ2) is 6.91. The van der Waals surface area contributed by atoms with E-state index in [1.807, 2.05) is 0 Å². The number of rotatable bonds is 6. The number of hydrogen-bond donors (Lipinski definition) is 1. The molecule has 1 aromatic rings. The molecule has 1 aliphatic carbocycles. The van der Waals surface area contributed by atoms with Gasteiger partial charge in [-0.15, -0.1) is 0 Å². The molecule has 1 saturated heterocycles. The highest BCUT2D eigenvalue weighted by atomic mass is 16.5. The molecule has 0 spiro atoms. The summed E-state index contributed by atoms with van der Waals surface area (Å²) in [6.45, 7) is 6.80. The Kier molecular flexibility index (Phi) is 4.94. The third-order valence-electron chi connectivity index (χ3n) is 4.64. The summed E-state index contributed by atoms with van der Waals surface area (Å²) in [5, 5.41) is 3.69. The van der Waals surface area contributed by atoms with Crippen LogP contribution in [0.5, 0.6) is 0 Å². The SMILES string of the molecule is Cc1cccc(C2CC(N[C@@H](C)CO[C@H]3CCOC3)C2)c1. The first-order valence-electron chi connectivity index (χ1n) is 8.22. The smallest absolute Gasteiger partial charge is 0.0831 e. The lowest BCUT2D eigenvalue weighted by molar-refractivity contribution is 0.0285. The van der Waals surface area contributed by atoms with Gasteiger partial charge in [0, 0.05) is 18.7 Å². The summed E-state index contributed by atoms with van der Waals surface area (Å²) < 4.78 is 11.2. The van der Waals surface area contributed by atoms with Crippen LogP contribution in [0.4, 0.5) is 0 Å². The first-order chi connectivity index (χ1) is 10.2. The Balaban J connectivity index is 1.36. The van der Waals surface area contributed by atoms with Crippen LogP contribution < -0.4 is 5.32 Å². The normalized spacial score (nSPS) is 30.1. The van der Waals surface area contributed by atoms with E-state index in [-0.39, 0.29) is 0 Å². The molecule has 116 valence electrons. The lowest BCUT2D eigenvalue weighted by Gasteiger charge is -2.38. The van der Waals surface area contributed by atoms with Crippen LogP contribution in [-0.4, -0.2) is 38.0 Å². The van der Waals surface area contributed by atoms with E-state index >= 15 is 0 Å². The molecule has 1 N–H and O–H groups in total. The van der Waals surface area contributed by atoms with Crippen LogP contribution in [0.15, 0.2) is 24.3 Å². The highest BCUT2D eigenvalue weighted by Gasteiger charge is 2.31. The fourth-order valence-electron chi connectivity index (χ4n) is 3.33. The predicted molar refractivity (Wildman–Crippen MR) is 84.7 cm³/mol. The largest absolute Gasteiger partial charge is 0.379 e. The van der Waals surface area contributed by atoms with Crippen LogP contribution in [-0.2, 0) is 9.47 Å². The molecular formula is C18H27NO2. The second-order valence-corrected chi connectivity index (χ2v) is 6.67. The summed E-state index contributed by atoms with van der Waals surface area (Å²) in [7, 11) is 0. The quantitative estimate of drug-likeness (QED) is 0.873. The Hall–Kier alpha value is -0.900. The number of aryl methyl sites for hydroxylation is 1. The standard InChI is InChI=1S/C18H27NO2/c1-13-4-3-5-15(8-13)16-9-17(10-16)19-14(2)11-21-18-6-7-20-12-18/h3-5,8,14,16-19H,6-7,9-12H2,1-2H3/t14-,16?,17?,18-/m0/s1. The summed E-state index contributed by atoms with van der Waals surface area (Å²) in [6.07, 6.45) is 3.86. The van der Waals surface area contributed by atoms with E-state index in [1.165, 1.54) is 24.0 Å². The Labute approximate surface area is 128 Å². The van der Waals surface area contributed by atoms with E-state index < -0.39 is 0 Å². The molecule has 1 aliphatic heterocycles. The van der Waals surface area contributed by atoms with Crippen molar-refractivity contribution in [3.63, 3.8) is 0 Å². The molecule has 3 nitrogen and oxygen atoms in total. The maximum Gasteiger partial charge on any atom is 0.0831 e. The molecule has 1 saturated carbocycles. The number of benzene rings is 1. The minimum absolute atomic E-state index is 0.315. The van der Waals surface area contributed by atoms with E-state index in [2.05, 4.69) is 43.4 Å². The second-order valence-electron chi connectivity index (χ2n) is 6.67. The molecule has 21 heavy (non-hydrogen) atoms. The van der Waals surface area contributed by atoms with Crippen molar-refractivity contribution in [2.24, 2.45) is 0 Å². The van der Waals surface area contributed by atoms with Crippen LogP contribution >= 0.6 is 0 Å².